The van der Waals surface area contributed by atoms with Gasteiger partial charge in [-0.2, -0.15) is 0 Å². The molecule has 0 spiro atoms. The molecular formula is C23H21NO3. The average molecular weight is 359 g/mol. The number of nitrogens with zero attached hydrogens (tertiary/aromatic N) is 1. The van der Waals surface area contributed by atoms with Gasteiger partial charge < -0.3 is 9.84 Å². The van der Waals surface area contributed by atoms with Crippen LogP contribution in [0, 0.1) is 13.8 Å². The summed E-state index contributed by atoms with van der Waals surface area (Å²) in [6.07, 6.45) is 1.82. The van der Waals surface area contributed by atoms with Crippen LogP contribution >= 0.6 is 0 Å². The van der Waals surface area contributed by atoms with Crippen molar-refractivity contribution in [3.05, 3.63) is 94.5 Å². The summed E-state index contributed by atoms with van der Waals surface area (Å²) in [6, 6.07) is 20.5. The lowest BCUT2D eigenvalue weighted by molar-refractivity contribution is 0.0697. The summed E-state index contributed by atoms with van der Waals surface area (Å²) in [7, 11) is 0. The molecule has 0 radical (unpaired) electrons. The van der Waals surface area contributed by atoms with Crippen LogP contribution in [0.25, 0.3) is 0 Å². The first kappa shape index (κ1) is 18.4. The molecule has 0 fully saturated rings. The fourth-order valence-electron chi connectivity index (χ4n) is 2.55. The minimum atomic E-state index is -0.932. The number of hydrogen-bond donors (Lipinski definition) is 1. The molecule has 0 bridgehead atoms. The molecule has 0 aromatic heterocycles. The molecule has 4 heteroatoms. The van der Waals surface area contributed by atoms with Crippen molar-refractivity contribution in [1.29, 1.82) is 0 Å². The first-order valence-corrected chi connectivity index (χ1v) is 8.68. The quantitative estimate of drug-likeness (QED) is 0.605. The van der Waals surface area contributed by atoms with Crippen LogP contribution in [0.3, 0.4) is 0 Å². The number of aliphatic imine (C=N–C) groups is 1. The van der Waals surface area contributed by atoms with Gasteiger partial charge in [-0.3, -0.25) is 4.99 Å². The Hall–Kier alpha value is -3.40. The lowest BCUT2D eigenvalue weighted by Gasteiger charge is -2.07. The van der Waals surface area contributed by atoms with Crippen LogP contribution in [0.5, 0.6) is 5.75 Å². The molecule has 0 aliphatic rings. The molecular weight excluding hydrogens is 338 g/mol. The number of ether oxygens (including phenoxy) is 1. The second-order valence-electron chi connectivity index (χ2n) is 6.39. The first-order chi connectivity index (χ1) is 13.0. The van der Waals surface area contributed by atoms with Gasteiger partial charge in [-0.25, -0.2) is 4.79 Å². The predicted molar refractivity (Wildman–Crippen MR) is 107 cm³/mol. The lowest BCUT2D eigenvalue weighted by atomic mass is 10.1. The third-order valence-corrected chi connectivity index (χ3v) is 4.32. The van der Waals surface area contributed by atoms with E-state index in [1.807, 2.05) is 36.5 Å². The molecule has 3 rings (SSSR count). The van der Waals surface area contributed by atoms with E-state index in [9.17, 15) is 4.79 Å². The normalized spacial score (nSPS) is 10.9. The van der Waals surface area contributed by atoms with Gasteiger partial charge in [-0.05, 0) is 72.5 Å². The highest BCUT2D eigenvalue weighted by atomic mass is 16.5. The van der Waals surface area contributed by atoms with Crippen molar-refractivity contribution in [3.63, 3.8) is 0 Å². The number of aryl methyl sites for hydroxylation is 2. The van der Waals surface area contributed by atoms with Gasteiger partial charge in [0.2, 0.25) is 0 Å². The summed E-state index contributed by atoms with van der Waals surface area (Å²) >= 11 is 0. The van der Waals surface area contributed by atoms with E-state index in [0.717, 1.165) is 22.6 Å². The van der Waals surface area contributed by atoms with E-state index < -0.39 is 5.97 Å². The van der Waals surface area contributed by atoms with Crippen LogP contribution in [-0.4, -0.2) is 17.3 Å². The molecule has 136 valence electrons. The lowest BCUT2D eigenvalue weighted by Crippen LogP contribution is -1.99. The first-order valence-electron chi connectivity index (χ1n) is 8.68. The smallest absolute Gasteiger partial charge is 0.335 e. The monoisotopic (exact) mass is 359 g/mol. The largest absolute Gasteiger partial charge is 0.489 e. The van der Waals surface area contributed by atoms with Gasteiger partial charge in [0.05, 0.1) is 11.3 Å². The van der Waals surface area contributed by atoms with Crippen molar-refractivity contribution in [2.75, 3.05) is 0 Å². The Bertz CT molecular complexity index is 975. The van der Waals surface area contributed by atoms with E-state index in [-0.39, 0.29) is 5.56 Å². The summed E-state index contributed by atoms with van der Waals surface area (Å²) in [4.78, 5) is 15.4. The molecule has 0 aliphatic heterocycles. The van der Waals surface area contributed by atoms with Crippen molar-refractivity contribution in [2.45, 2.75) is 20.5 Å². The third-order valence-electron chi connectivity index (χ3n) is 4.32. The Kier molecular flexibility index (Phi) is 5.67. The highest BCUT2D eigenvalue weighted by molar-refractivity contribution is 5.87. The summed E-state index contributed by atoms with van der Waals surface area (Å²) in [5.41, 5.74) is 5.52. The van der Waals surface area contributed by atoms with E-state index in [1.165, 1.54) is 11.1 Å². The van der Waals surface area contributed by atoms with Gasteiger partial charge in [0.15, 0.2) is 0 Å². The summed E-state index contributed by atoms with van der Waals surface area (Å²) < 4.78 is 5.81. The number of rotatable bonds is 6. The number of aromatic carboxylic acids is 1. The zero-order valence-corrected chi connectivity index (χ0v) is 15.3. The zero-order valence-electron chi connectivity index (χ0n) is 15.3. The molecule has 0 atom stereocenters. The Morgan fingerprint density at radius 1 is 1.00 bits per heavy atom. The van der Waals surface area contributed by atoms with E-state index in [4.69, 9.17) is 9.84 Å². The molecule has 0 amide bonds. The maximum Gasteiger partial charge on any atom is 0.335 e. The Morgan fingerprint density at radius 2 is 1.78 bits per heavy atom. The van der Waals surface area contributed by atoms with Crippen LogP contribution in [0.4, 0.5) is 5.69 Å². The van der Waals surface area contributed by atoms with Crippen molar-refractivity contribution in [2.24, 2.45) is 4.99 Å². The number of benzene rings is 3. The van der Waals surface area contributed by atoms with Crippen molar-refractivity contribution in [1.82, 2.24) is 0 Å². The zero-order chi connectivity index (χ0) is 19.2. The molecule has 0 saturated carbocycles. The molecule has 27 heavy (non-hydrogen) atoms. The fraction of sp³-hybridized carbons (Fsp3) is 0.130. The number of carbonyl (C=O) groups is 1. The highest BCUT2D eigenvalue weighted by Crippen LogP contribution is 2.18. The number of carboxylic acid groups (broad SMARTS) is 1. The second kappa shape index (κ2) is 8.32. The van der Waals surface area contributed by atoms with Gasteiger partial charge in [-0.15, -0.1) is 0 Å². The van der Waals surface area contributed by atoms with Crippen LogP contribution in [0.15, 0.2) is 71.7 Å². The topological polar surface area (TPSA) is 58.9 Å². The van der Waals surface area contributed by atoms with Gasteiger partial charge in [0.25, 0.3) is 0 Å². The second-order valence-corrected chi connectivity index (χ2v) is 6.39. The molecule has 0 unspecified atom stereocenters. The van der Waals surface area contributed by atoms with Gasteiger partial charge in [-0.1, -0.05) is 30.3 Å². The maximum absolute atomic E-state index is 10.9. The summed E-state index contributed by atoms with van der Waals surface area (Å²) in [5.74, 6) is -0.195. The standard InChI is InChI=1S/C23H21NO3/c1-16-6-11-21(12-17(16)2)24-14-19-4-3-5-22(13-19)27-15-18-7-9-20(10-8-18)23(25)26/h3-14H,15H2,1-2H3,(H,25,26). The molecule has 0 aliphatic carbocycles. The summed E-state index contributed by atoms with van der Waals surface area (Å²) in [6.45, 7) is 4.53. The van der Waals surface area contributed by atoms with E-state index in [1.54, 1.807) is 24.3 Å². The average Bonchev–Trinajstić information content (AvgIpc) is 2.68. The van der Waals surface area contributed by atoms with Crippen LogP contribution in [0.2, 0.25) is 0 Å². The predicted octanol–water partition coefficient (Wildman–Crippen LogP) is 5.33. The fourth-order valence-corrected chi connectivity index (χ4v) is 2.55. The Morgan fingerprint density at radius 3 is 2.48 bits per heavy atom. The molecule has 0 saturated heterocycles. The van der Waals surface area contributed by atoms with E-state index in [2.05, 4.69) is 31.0 Å². The molecule has 0 heterocycles. The van der Waals surface area contributed by atoms with Crippen molar-refractivity contribution in [3.8, 4) is 5.75 Å². The van der Waals surface area contributed by atoms with Crippen LogP contribution in [0.1, 0.15) is 32.6 Å². The van der Waals surface area contributed by atoms with Gasteiger partial charge in [0, 0.05) is 6.21 Å². The van der Waals surface area contributed by atoms with Gasteiger partial charge in [0.1, 0.15) is 12.4 Å². The maximum atomic E-state index is 10.9. The highest BCUT2D eigenvalue weighted by Gasteiger charge is 2.02. The molecule has 4 nitrogen and oxygen atoms in total. The molecule has 3 aromatic rings. The Labute approximate surface area is 158 Å². The van der Waals surface area contributed by atoms with Crippen LogP contribution < -0.4 is 4.74 Å². The minimum Gasteiger partial charge on any atom is -0.489 e. The van der Waals surface area contributed by atoms with E-state index in [0.29, 0.717) is 6.61 Å². The summed E-state index contributed by atoms with van der Waals surface area (Å²) in [5, 5.41) is 8.93. The number of hydrogen-bond acceptors (Lipinski definition) is 3. The molecule has 3 aromatic carbocycles. The van der Waals surface area contributed by atoms with E-state index >= 15 is 0 Å². The SMILES string of the molecule is Cc1ccc(N=Cc2cccc(OCc3ccc(C(=O)O)cc3)c2)cc1C. The van der Waals surface area contributed by atoms with Crippen molar-refractivity contribution < 1.29 is 14.6 Å². The third kappa shape index (κ3) is 5.05. The van der Waals surface area contributed by atoms with Crippen molar-refractivity contribution >= 4 is 17.9 Å². The molecule has 1 N–H and O–H groups in total. The van der Waals surface area contributed by atoms with Crippen LogP contribution in [-0.2, 0) is 6.61 Å². The number of carboxylic acids is 1. The van der Waals surface area contributed by atoms with Gasteiger partial charge >= 0.3 is 5.97 Å². The minimum absolute atomic E-state index is 0.267. The Balaban J connectivity index is 1.65.